The summed E-state index contributed by atoms with van der Waals surface area (Å²) >= 11 is 0. The van der Waals surface area contributed by atoms with Crippen LogP contribution in [0.1, 0.15) is 34.9 Å². The number of fused-ring (bicyclic) bond motifs is 6. The van der Waals surface area contributed by atoms with Crippen LogP contribution < -0.4 is 0 Å². The minimum atomic E-state index is 0.664. The SMILES string of the molecule is Cc1ccccc1-c1cnc2cc3c(cc2n1)C1CC3CN(C)C1. The molecule has 1 aromatic heterocycles. The Labute approximate surface area is 142 Å². The van der Waals surface area contributed by atoms with Crippen LogP contribution in [-0.4, -0.2) is 35.0 Å². The molecule has 1 saturated heterocycles. The van der Waals surface area contributed by atoms with Crippen molar-refractivity contribution in [2.45, 2.75) is 25.2 Å². The third-order valence-electron chi connectivity index (χ3n) is 5.68. The zero-order valence-electron chi connectivity index (χ0n) is 14.2. The number of rotatable bonds is 1. The molecule has 1 fully saturated rings. The molecule has 120 valence electrons. The molecule has 3 heteroatoms. The van der Waals surface area contributed by atoms with Gasteiger partial charge in [-0.1, -0.05) is 24.3 Å². The Morgan fingerprint density at radius 1 is 1.00 bits per heavy atom. The number of aryl methyl sites for hydroxylation is 1. The van der Waals surface area contributed by atoms with Gasteiger partial charge in [-0.15, -0.1) is 0 Å². The van der Waals surface area contributed by atoms with E-state index in [1.54, 1.807) is 0 Å². The van der Waals surface area contributed by atoms with Crippen LogP contribution in [0.3, 0.4) is 0 Å². The molecule has 0 saturated carbocycles. The fraction of sp³-hybridized carbons (Fsp3) is 0.333. The molecule has 24 heavy (non-hydrogen) atoms. The van der Waals surface area contributed by atoms with Crippen LogP contribution in [0.4, 0.5) is 0 Å². The van der Waals surface area contributed by atoms with E-state index in [4.69, 9.17) is 9.97 Å². The summed E-state index contributed by atoms with van der Waals surface area (Å²) in [5.41, 5.74) is 8.46. The lowest BCUT2D eigenvalue weighted by atomic mass is 9.96. The molecule has 2 heterocycles. The Morgan fingerprint density at radius 2 is 1.71 bits per heavy atom. The number of benzene rings is 2. The monoisotopic (exact) mass is 315 g/mol. The molecule has 0 spiro atoms. The standard InChI is InChI=1S/C21H21N3/c1-13-5-3-4-6-16(13)21-10-22-19-8-17-14-7-15(12-24(2)11-14)18(17)9-20(19)23-21/h3-6,8-10,14-15H,7,11-12H2,1-2H3. The molecule has 0 amide bonds. The van der Waals surface area contributed by atoms with Gasteiger partial charge >= 0.3 is 0 Å². The largest absolute Gasteiger partial charge is 0.305 e. The summed E-state index contributed by atoms with van der Waals surface area (Å²) in [6.07, 6.45) is 3.21. The summed E-state index contributed by atoms with van der Waals surface area (Å²) < 4.78 is 0. The van der Waals surface area contributed by atoms with E-state index in [9.17, 15) is 0 Å². The molecule has 0 radical (unpaired) electrons. The predicted molar refractivity (Wildman–Crippen MR) is 97.3 cm³/mol. The van der Waals surface area contributed by atoms with Crippen LogP contribution in [0.2, 0.25) is 0 Å². The highest BCUT2D eigenvalue weighted by atomic mass is 15.1. The second-order valence-corrected chi connectivity index (χ2v) is 7.39. The molecule has 2 unspecified atom stereocenters. The maximum atomic E-state index is 4.94. The molecular weight excluding hydrogens is 294 g/mol. The molecule has 2 aromatic carbocycles. The molecule has 1 aliphatic carbocycles. The van der Waals surface area contributed by atoms with Crippen LogP contribution in [0, 0.1) is 6.92 Å². The number of hydrogen-bond acceptors (Lipinski definition) is 3. The first kappa shape index (κ1) is 14.1. The van der Waals surface area contributed by atoms with Crippen molar-refractivity contribution in [1.82, 2.24) is 14.9 Å². The summed E-state index contributed by atoms with van der Waals surface area (Å²) in [5.74, 6) is 1.34. The highest BCUT2D eigenvalue weighted by molar-refractivity contribution is 5.80. The summed E-state index contributed by atoms with van der Waals surface area (Å²) in [6.45, 7) is 4.46. The van der Waals surface area contributed by atoms with Gasteiger partial charge in [0.25, 0.3) is 0 Å². The maximum absolute atomic E-state index is 4.94. The van der Waals surface area contributed by atoms with Gasteiger partial charge in [0.1, 0.15) is 0 Å². The van der Waals surface area contributed by atoms with Crippen molar-refractivity contribution < 1.29 is 0 Å². The average molecular weight is 315 g/mol. The van der Waals surface area contributed by atoms with Gasteiger partial charge in [-0.3, -0.25) is 4.98 Å². The number of hydrogen-bond donors (Lipinski definition) is 0. The molecule has 5 rings (SSSR count). The highest BCUT2D eigenvalue weighted by Gasteiger charge is 2.36. The Balaban J connectivity index is 1.66. The van der Waals surface area contributed by atoms with E-state index in [2.05, 4.69) is 55.3 Å². The number of likely N-dealkylation sites (N-methyl/N-ethyl adjacent to an activating group) is 1. The summed E-state index contributed by atoms with van der Waals surface area (Å²) in [4.78, 5) is 12.1. The zero-order valence-corrected chi connectivity index (χ0v) is 14.2. The number of likely N-dealkylation sites (tertiary alicyclic amines) is 1. The van der Waals surface area contributed by atoms with Gasteiger partial charge in [0.15, 0.2) is 0 Å². The second kappa shape index (κ2) is 5.12. The molecule has 0 N–H and O–H groups in total. The van der Waals surface area contributed by atoms with Gasteiger partial charge in [-0.2, -0.15) is 0 Å². The minimum absolute atomic E-state index is 0.664. The van der Waals surface area contributed by atoms with E-state index in [1.165, 1.54) is 41.8 Å². The number of aromatic nitrogens is 2. The quantitative estimate of drug-likeness (QED) is 0.676. The van der Waals surface area contributed by atoms with Gasteiger partial charge in [0.2, 0.25) is 0 Å². The normalized spacial score (nSPS) is 22.8. The van der Waals surface area contributed by atoms with Crippen molar-refractivity contribution in [2.75, 3.05) is 20.1 Å². The van der Waals surface area contributed by atoms with Crippen molar-refractivity contribution >= 4 is 11.0 Å². The lowest BCUT2D eigenvalue weighted by Gasteiger charge is -2.28. The Morgan fingerprint density at radius 3 is 2.46 bits per heavy atom. The molecule has 3 nitrogen and oxygen atoms in total. The van der Waals surface area contributed by atoms with Crippen LogP contribution in [0.15, 0.2) is 42.6 Å². The van der Waals surface area contributed by atoms with E-state index >= 15 is 0 Å². The first-order chi connectivity index (χ1) is 11.7. The molecular formula is C21H21N3. The fourth-order valence-corrected chi connectivity index (χ4v) is 4.56. The first-order valence-corrected chi connectivity index (χ1v) is 8.74. The Hall–Kier alpha value is -2.26. The Bertz CT molecular complexity index is 947. The maximum Gasteiger partial charge on any atom is 0.0897 e. The summed E-state index contributed by atoms with van der Waals surface area (Å²) in [7, 11) is 2.23. The van der Waals surface area contributed by atoms with Crippen LogP contribution in [0.25, 0.3) is 22.3 Å². The lowest BCUT2D eigenvalue weighted by Crippen LogP contribution is -2.31. The minimum Gasteiger partial charge on any atom is -0.305 e. The fourth-order valence-electron chi connectivity index (χ4n) is 4.56. The van der Waals surface area contributed by atoms with E-state index in [0.717, 1.165) is 16.7 Å². The van der Waals surface area contributed by atoms with Crippen molar-refractivity contribution in [3.05, 3.63) is 59.3 Å². The third kappa shape index (κ3) is 2.08. The van der Waals surface area contributed by atoms with Gasteiger partial charge < -0.3 is 4.90 Å². The smallest absolute Gasteiger partial charge is 0.0897 e. The molecule has 3 aromatic rings. The average Bonchev–Trinajstić information content (AvgIpc) is 2.83. The van der Waals surface area contributed by atoms with Crippen molar-refractivity contribution in [2.24, 2.45) is 0 Å². The first-order valence-electron chi connectivity index (χ1n) is 8.74. The van der Waals surface area contributed by atoms with Gasteiger partial charge in [-0.25, -0.2) is 4.98 Å². The van der Waals surface area contributed by atoms with E-state index in [-0.39, 0.29) is 0 Å². The van der Waals surface area contributed by atoms with Crippen LogP contribution in [0.5, 0.6) is 0 Å². The third-order valence-corrected chi connectivity index (χ3v) is 5.68. The Kier molecular flexibility index (Phi) is 3.01. The van der Waals surface area contributed by atoms with Crippen molar-refractivity contribution in [3.8, 4) is 11.3 Å². The van der Waals surface area contributed by atoms with Gasteiger partial charge in [0.05, 0.1) is 22.9 Å². The zero-order chi connectivity index (χ0) is 16.3. The van der Waals surface area contributed by atoms with Gasteiger partial charge in [-0.05, 0) is 61.1 Å². The summed E-state index contributed by atoms with van der Waals surface area (Å²) in [5, 5.41) is 0. The lowest BCUT2D eigenvalue weighted by molar-refractivity contribution is 0.245. The van der Waals surface area contributed by atoms with E-state index in [1.807, 2.05) is 6.20 Å². The molecule has 2 aliphatic rings. The van der Waals surface area contributed by atoms with E-state index < -0.39 is 0 Å². The van der Waals surface area contributed by atoms with Crippen molar-refractivity contribution in [1.29, 1.82) is 0 Å². The molecule has 2 bridgehead atoms. The van der Waals surface area contributed by atoms with Crippen LogP contribution in [-0.2, 0) is 0 Å². The van der Waals surface area contributed by atoms with Gasteiger partial charge in [0, 0.05) is 18.7 Å². The predicted octanol–water partition coefficient (Wildman–Crippen LogP) is 4.12. The second-order valence-electron chi connectivity index (χ2n) is 7.39. The topological polar surface area (TPSA) is 29.0 Å². The summed E-state index contributed by atoms with van der Waals surface area (Å²) in [6, 6.07) is 13.0. The molecule has 1 aliphatic heterocycles. The number of piperidine rings is 1. The van der Waals surface area contributed by atoms with Crippen LogP contribution >= 0.6 is 0 Å². The highest BCUT2D eigenvalue weighted by Crippen LogP contribution is 2.46. The van der Waals surface area contributed by atoms with E-state index in [0.29, 0.717) is 11.8 Å². The molecule has 2 atom stereocenters. The van der Waals surface area contributed by atoms with Crippen molar-refractivity contribution in [3.63, 3.8) is 0 Å². The number of nitrogens with zero attached hydrogens (tertiary/aromatic N) is 3.